The van der Waals surface area contributed by atoms with Crippen LogP contribution in [0.1, 0.15) is 39.2 Å². The van der Waals surface area contributed by atoms with Crippen LogP contribution in [0, 0.1) is 5.41 Å². The van der Waals surface area contributed by atoms with Gasteiger partial charge in [0, 0.05) is 12.5 Å². The number of nitrogens with one attached hydrogen (secondary N) is 1. The minimum atomic E-state index is -0.875. The van der Waals surface area contributed by atoms with Crippen molar-refractivity contribution in [3.8, 4) is 0 Å². The maximum Gasteiger partial charge on any atom is 0.303 e. The van der Waals surface area contributed by atoms with Gasteiger partial charge in [0.25, 0.3) is 0 Å². The highest BCUT2D eigenvalue weighted by molar-refractivity contribution is 5.78. The molecule has 0 aliphatic rings. The third kappa shape index (κ3) is 6.36. The van der Waals surface area contributed by atoms with E-state index in [-0.39, 0.29) is 24.8 Å². The van der Waals surface area contributed by atoms with E-state index in [2.05, 4.69) is 5.32 Å². The van der Waals surface area contributed by atoms with Crippen molar-refractivity contribution in [2.45, 2.75) is 46.1 Å². The van der Waals surface area contributed by atoms with Crippen LogP contribution in [0.25, 0.3) is 0 Å². The Balaban J connectivity index is 2.44. The largest absolute Gasteiger partial charge is 0.481 e. The molecule has 0 aliphatic carbocycles. The van der Waals surface area contributed by atoms with Crippen LogP contribution in [0.15, 0.2) is 30.3 Å². The van der Waals surface area contributed by atoms with Crippen molar-refractivity contribution in [2.75, 3.05) is 0 Å². The zero-order chi connectivity index (χ0) is 15.2. The van der Waals surface area contributed by atoms with Crippen molar-refractivity contribution in [2.24, 2.45) is 5.41 Å². The third-order valence-corrected chi connectivity index (χ3v) is 3.06. The fourth-order valence-corrected chi connectivity index (χ4v) is 2.25. The topological polar surface area (TPSA) is 66.4 Å². The quantitative estimate of drug-likeness (QED) is 0.805. The first kappa shape index (κ1) is 16.2. The maximum atomic E-state index is 11.9. The van der Waals surface area contributed by atoms with Gasteiger partial charge >= 0.3 is 5.97 Å². The fourth-order valence-electron chi connectivity index (χ4n) is 2.25. The molecule has 0 radical (unpaired) electrons. The lowest BCUT2D eigenvalue weighted by Gasteiger charge is -2.23. The first-order valence-corrected chi connectivity index (χ1v) is 6.83. The lowest BCUT2D eigenvalue weighted by atomic mass is 9.85. The molecule has 0 spiro atoms. The van der Waals surface area contributed by atoms with E-state index in [4.69, 9.17) is 5.11 Å². The molecule has 0 aromatic heterocycles. The Hall–Kier alpha value is -1.84. The summed E-state index contributed by atoms with van der Waals surface area (Å²) in [4.78, 5) is 22.7. The molecule has 2 N–H and O–H groups in total. The number of rotatable bonds is 7. The summed E-state index contributed by atoms with van der Waals surface area (Å²) in [5.41, 5.74) is 0.646. The number of hydrogen-bond acceptors (Lipinski definition) is 2. The summed E-state index contributed by atoms with van der Waals surface area (Å²) < 4.78 is 0. The molecule has 1 aromatic carbocycles. The molecule has 0 aliphatic heterocycles. The second-order valence-electron chi connectivity index (χ2n) is 6.07. The Morgan fingerprint density at radius 3 is 2.35 bits per heavy atom. The molecule has 0 saturated heterocycles. The van der Waals surface area contributed by atoms with Crippen LogP contribution >= 0.6 is 0 Å². The maximum absolute atomic E-state index is 11.9. The standard InChI is InChI=1S/C16H23NO3/c1-12(9-13-7-5-4-6-8-13)17-14(18)10-16(2,3)11-15(19)20/h4-8,12H,9-11H2,1-3H3,(H,17,18)(H,19,20). The molecule has 1 rings (SSSR count). The van der Waals surface area contributed by atoms with Crippen LogP contribution in [0.4, 0.5) is 0 Å². The summed E-state index contributed by atoms with van der Waals surface area (Å²) in [6.45, 7) is 5.54. The molecular weight excluding hydrogens is 254 g/mol. The Morgan fingerprint density at radius 2 is 1.80 bits per heavy atom. The van der Waals surface area contributed by atoms with Crippen molar-refractivity contribution >= 4 is 11.9 Å². The lowest BCUT2D eigenvalue weighted by molar-refractivity contribution is -0.139. The number of hydrogen-bond donors (Lipinski definition) is 2. The third-order valence-electron chi connectivity index (χ3n) is 3.06. The average Bonchev–Trinajstić information content (AvgIpc) is 2.26. The van der Waals surface area contributed by atoms with Gasteiger partial charge in [0.1, 0.15) is 0 Å². The number of carbonyl (C=O) groups is 2. The molecule has 1 aromatic rings. The number of carboxylic acid groups (broad SMARTS) is 1. The van der Waals surface area contributed by atoms with Gasteiger partial charge in [0.05, 0.1) is 6.42 Å². The van der Waals surface area contributed by atoms with Gasteiger partial charge in [-0.25, -0.2) is 0 Å². The van der Waals surface area contributed by atoms with Gasteiger partial charge in [-0.1, -0.05) is 44.2 Å². The van der Waals surface area contributed by atoms with Gasteiger partial charge in [-0.15, -0.1) is 0 Å². The first-order valence-electron chi connectivity index (χ1n) is 6.83. The van der Waals surface area contributed by atoms with Gasteiger partial charge in [-0.05, 0) is 24.3 Å². The van der Waals surface area contributed by atoms with Gasteiger partial charge in [-0.2, -0.15) is 0 Å². The summed E-state index contributed by atoms with van der Waals surface area (Å²) in [5, 5.41) is 11.7. The summed E-state index contributed by atoms with van der Waals surface area (Å²) in [6.07, 6.45) is 0.984. The number of carbonyl (C=O) groups excluding carboxylic acids is 1. The number of benzene rings is 1. The van der Waals surface area contributed by atoms with E-state index < -0.39 is 11.4 Å². The Morgan fingerprint density at radius 1 is 1.20 bits per heavy atom. The molecule has 0 saturated carbocycles. The van der Waals surface area contributed by atoms with Crippen LogP contribution in [-0.2, 0) is 16.0 Å². The Bertz CT molecular complexity index is 454. The van der Waals surface area contributed by atoms with E-state index in [1.807, 2.05) is 37.3 Å². The summed E-state index contributed by atoms with van der Waals surface area (Å²) >= 11 is 0. The van der Waals surface area contributed by atoms with Crippen LogP contribution < -0.4 is 5.32 Å². The monoisotopic (exact) mass is 277 g/mol. The molecule has 1 unspecified atom stereocenters. The molecule has 0 bridgehead atoms. The van der Waals surface area contributed by atoms with E-state index in [1.165, 1.54) is 5.56 Å². The zero-order valence-corrected chi connectivity index (χ0v) is 12.3. The molecule has 0 heterocycles. The van der Waals surface area contributed by atoms with E-state index in [1.54, 1.807) is 13.8 Å². The van der Waals surface area contributed by atoms with Crippen molar-refractivity contribution in [1.82, 2.24) is 5.32 Å². The van der Waals surface area contributed by atoms with Crippen molar-refractivity contribution < 1.29 is 14.7 Å². The second kappa shape index (κ2) is 7.08. The van der Waals surface area contributed by atoms with Gasteiger partial charge in [-0.3, -0.25) is 9.59 Å². The average molecular weight is 277 g/mol. The fraction of sp³-hybridized carbons (Fsp3) is 0.500. The molecule has 110 valence electrons. The zero-order valence-electron chi connectivity index (χ0n) is 12.3. The van der Waals surface area contributed by atoms with Gasteiger partial charge in [0.15, 0.2) is 0 Å². The van der Waals surface area contributed by atoms with E-state index >= 15 is 0 Å². The molecule has 4 heteroatoms. The minimum absolute atomic E-state index is 0.00646. The molecule has 1 amide bonds. The lowest BCUT2D eigenvalue weighted by Crippen LogP contribution is -2.37. The SMILES string of the molecule is CC(Cc1ccccc1)NC(=O)CC(C)(C)CC(=O)O. The summed E-state index contributed by atoms with van der Waals surface area (Å²) in [5.74, 6) is -0.972. The smallest absolute Gasteiger partial charge is 0.303 e. The normalized spacial score (nSPS) is 12.8. The molecule has 4 nitrogen and oxygen atoms in total. The Kier molecular flexibility index (Phi) is 5.74. The highest BCUT2D eigenvalue weighted by Crippen LogP contribution is 2.24. The first-order chi connectivity index (χ1) is 9.28. The van der Waals surface area contributed by atoms with Crippen molar-refractivity contribution in [3.05, 3.63) is 35.9 Å². The number of carboxylic acids is 1. The molecule has 1 atom stereocenters. The van der Waals surface area contributed by atoms with E-state index in [0.29, 0.717) is 0 Å². The van der Waals surface area contributed by atoms with Crippen molar-refractivity contribution in [1.29, 1.82) is 0 Å². The Labute approximate surface area is 120 Å². The predicted molar refractivity (Wildman–Crippen MR) is 78.4 cm³/mol. The van der Waals surface area contributed by atoms with Crippen LogP contribution in [-0.4, -0.2) is 23.0 Å². The summed E-state index contributed by atoms with van der Waals surface area (Å²) in [6, 6.07) is 9.99. The van der Waals surface area contributed by atoms with E-state index in [9.17, 15) is 9.59 Å². The van der Waals surface area contributed by atoms with Gasteiger partial charge in [0.2, 0.25) is 5.91 Å². The second-order valence-corrected chi connectivity index (χ2v) is 6.07. The van der Waals surface area contributed by atoms with Crippen LogP contribution in [0.5, 0.6) is 0 Å². The van der Waals surface area contributed by atoms with Crippen LogP contribution in [0.2, 0.25) is 0 Å². The highest BCUT2D eigenvalue weighted by Gasteiger charge is 2.25. The molecule has 0 fully saturated rings. The summed E-state index contributed by atoms with van der Waals surface area (Å²) in [7, 11) is 0. The molecular formula is C16H23NO3. The number of amides is 1. The van der Waals surface area contributed by atoms with Gasteiger partial charge < -0.3 is 10.4 Å². The van der Waals surface area contributed by atoms with E-state index in [0.717, 1.165) is 6.42 Å². The predicted octanol–water partition coefficient (Wildman–Crippen LogP) is 2.62. The molecule has 20 heavy (non-hydrogen) atoms. The van der Waals surface area contributed by atoms with Crippen LogP contribution in [0.3, 0.4) is 0 Å². The highest BCUT2D eigenvalue weighted by atomic mass is 16.4. The number of aliphatic carboxylic acids is 1. The minimum Gasteiger partial charge on any atom is -0.481 e. The van der Waals surface area contributed by atoms with Crippen molar-refractivity contribution in [3.63, 3.8) is 0 Å².